The van der Waals surface area contributed by atoms with E-state index >= 15 is 0 Å². The van der Waals surface area contributed by atoms with Gasteiger partial charge in [0.1, 0.15) is 19.3 Å². The molecule has 1 N–H and O–H groups in total. The van der Waals surface area contributed by atoms with Crippen LogP contribution in [-0.4, -0.2) is 69.4 Å². The lowest BCUT2D eigenvalue weighted by atomic mass is 10.1. The van der Waals surface area contributed by atoms with Crippen molar-refractivity contribution in [1.29, 1.82) is 0 Å². The lowest BCUT2D eigenvalue weighted by molar-refractivity contribution is -0.870. The van der Waals surface area contributed by atoms with Crippen molar-refractivity contribution in [1.82, 2.24) is 5.32 Å². The Labute approximate surface area is 419 Å². The Hall–Kier alpha value is -2.55. The minimum absolute atomic E-state index is 0.0377. The summed E-state index contributed by atoms with van der Waals surface area (Å²) in [4.78, 5) is 39.7. The molecule has 0 aliphatic carbocycles. The second-order valence-electron chi connectivity index (χ2n) is 19.7. The number of quaternary nitrogens is 1. The Morgan fingerprint density at radius 1 is 0.515 bits per heavy atom. The maximum absolute atomic E-state index is 13.4. The highest BCUT2D eigenvalue weighted by molar-refractivity contribution is 7.45. The summed E-state index contributed by atoms with van der Waals surface area (Å²) in [6.45, 7) is 6.73. The van der Waals surface area contributed by atoms with E-state index in [1.54, 1.807) is 6.08 Å². The van der Waals surface area contributed by atoms with Crippen LogP contribution in [0.1, 0.15) is 233 Å². The minimum atomic E-state index is -4.71. The predicted octanol–water partition coefficient (Wildman–Crippen LogP) is 15.9. The lowest BCUT2D eigenvalue weighted by Gasteiger charge is -2.30. The molecule has 0 aromatic rings. The van der Waals surface area contributed by atoms with Gasteiger partial charge in [0.25, 0.3) is 7.82 Å². The van der Waals surface area contributed by atoms with Gasteiger partial charge in [-0.3, -0.25) is 14.2 Å². The number of phosphoric acid groups is 1. The number of carbonyl (C=O) groups excluding carboxylic acids is 2. The number of esters is 1. The molecule has 0 aliphatic rings. The second-order valence-corrected chi connectivity index (χ2v) is 21.1. The van der Waals surface area contributed by atoms with Gasteiger partial charge in [0.05, 0.1) is 33.8 Å². The molecule has 0 radical (unpaired) electrons. The molecular formula is C58H105N2O7P. The van der Waals surface area contributed by atoms with E-state index in [0.717, 1.165) is 70.6 Å². The van der Waals surface area contributed by atoms with E-state index in [1.807, 2.05) is 33.3 Å². The number of nitrogens with one attached hydrogen (secondary N) is 1. The van der Waals surface area contributed by atoms with Crippen LogP contribution in [0.25, 0.3) is 0 Å². The Balaban J connectivity index is 5.49. The molecule has 0 saturated carbocycles. The second kappa shape index (κ2) is 48.1. The number of allylic oxidation sites excluding steroid dienone is 11. The number of rotatable bonds is 49. The molecule has 0 aromatic heterocycles. The molecule has 3 atom stereocenters. The van der Waals surface area contributed by atoms with Crippen molar-refractivity contribution in [3.63, 3.8) is 0 Å². The normalized spacial score (nSPS) is 14.4. The van der Waals surface area contributed by atoms with Crippen LogP contribution in [0.4, 0.5) is 0 Å². The third-order valence-electron chi connectivity index (χ3n) is 11.9. The van der Waals surface area contributed by atoms with Crippen LogP contribution in [0.2, 0.25) is 0 Å². The number of ether oxygens (including phenoxy) is 1. The largest absolute Gasteiger partial charge is 0.756 e. The van der Waals surface area contributed by atoms with Crippen LogP contribution in [0.5, 0.6) is 0 Å². The molecule has 10 heteroatoms. The van der Waals surface area contributed by atoms with Crippen molar-refractivity contribution in [3.8, 4) is 0 Å². The first-order valence-corrected chi connectivity index (χ1v) is 29.2. The summed E-state index contributed by atoms with van der Waals surface area (Å²) in [5.41, 5.74) is 0. The first-order valence-electron chi connectivity index (χ1n) is 27.7. The fourth-order valence-corrected chi connectivity index (χ4v) is 8.24. The predicted molar refractivity (Wildman–Crippen MR) is 288 cm³/mol. The number of hydrogen-bond acceptors (Lipinski definition) is 7. The van der Waals surface area contributed by atoms with Crippen LogP contribution in [0.15, 0.2) is 72.9 Å². The highest BCUT2D eigenvalue weighted by atomic mass is 31.2. The van der Waals surface area contributed by atoms with Gasteiger partial charge in [-0.05, 0) is 89.5 Å². The van der Waals surface area contributed by atoms with E-state index in [0.29, 0.717) is 23.9 Å². The molecule has 0 fully saturated rings. The third-order valence-corrected chi connectivity index (χ3v) is 12.8. The van der Waals surface area contributed by atoms with Crippen molar-refractivity contribution in [2.24, 2.45) is 0 Å². The third kappa shape index (κ3) is 48.5. The van der Waals surface area contributed by atoms with Crippen molar-refractivity contribution in [3.05, 3.63) is 72.9 Å². The number of nitrogens with zero attached hydrogens (tertiary/aromatic N) is 1. The zero-order valence-electron chi connectivity index (χ0n) is 44.8. The quantitative estimate of drug-likeness (QED) is 0.0212. The van der Waals surface area contributed by atoms with Crippen LogP contribution in [0.3, 0.4) is 0 Å². The fourth-order valence-electron chi connectivity index (χ4n) is 7.52. The Kier molecular flexibility index (Phi) is 46.3. The highest BCUT2D eigenvalue weighted by Crippen LogP contribution is 2.38. The molecule has 0 rings (SSSR count). The van der Waals surface area contributed by atoms with E-state index in [9.17, 15) is 19.0 Å². The topological polar surface area (TPSA) is 114 Å². The molecule has 0 heterocycles. The maximum atomic E-state index is 13.4. The molecule has 0 bridgehead atoms. The first-order chi connectivity index (χ1) is 32.9. The van der Waals surface area contributed by atoms with E-state index in [-0.39, 0.29) is 31.3 Å². The van der Waals surface area contributed by atoms with Gasteiger partial charge in [-0.15, -0.1) is 0 Å². The number of hydrogen-bond donors (Lipinski definition) is 1. The molecule has 68 heavy (non-hydrogen) atoms. The van der Waals surface area contributed by atoms with E-state index < -0.39 is 26.6 Å². The summed E-state index contributed by atoms with van der Waals surface area (Å²) in [5, 5.41) is 2.97. The number of unbranched alkanes of at least 4 members (excludes halogenated alkanes) is 23. The SMILES string of the molecule is CCCCC/C=C\C/C=C\C/C=C\CCCCCCC(=O)OC(/C=C/CCCCCCCCCCCC)C(COP(=O)([O-])OCC[N+](C)(C)C)NC(=O)CC/C=C/C/C=C\CCCCCCCC. The minimum Gasteiger partial charge on any atom is -0.756 e. The molecule has 0 aliphatic heterocycles. The summed E-state index contributed by atoms with van der Waals surface area (Å²) < 4.78 is 30.1. The number of phosphoric ester groups is 1. The van der Waals surface area contributed by atoms with Crippen molar-refractivity contribution < 1.29 is 37.3 Å². The lowest BCUT2D eigenvalue weighted by Crippen LogP contribution is -2.47. The molecule has 0 spiro atoms. The van der Waals surface area contributed by atoms with E-state index in [1.165, 1.54) is 116 Å². The van der Waals surface area contributed by atoms with Crippen LogP contribution >= 0.6 is 7.82 Å². The van der Waals surface area contributed by atoms with Gasteiger partial charge < -0.3 is 28.5 Å². The van der Waals surface area contributed by atoms with Gasteiger partial charge >= 0.3 is 5.97 Å². The molecule has 1 amide bonds. The molecule has 9 nitrogen and oxygen atoms in total. The molecular weight excluding hydrogens is 868 g/mol. The molecule has 0 saturated heterocycles. The summed E-state index contributed by atoms with van der Waals surface area (Å²) in [5.74, 6) is -0.648. The monoisotopic (exact) mass is 973 g/mol. The Morgan fingerprint density at radius 3 is 1.40 bits per heavy atom. The number of amides is 1. The van der Waals surface area contributed by atoms with Crippen molar-refractivity contribution in [2.45, 2.75) is 245 Å². The van der Waals surface area contributed by atoms with Gasteiger partial charge in [0, 0.05) is 12.8 Å². The summed E-state index contributed by atoms with van der Waals surface area (Å²) in [6, 6.07) is -0.929. The summed E-state index contributed by atoms with van der Waals surface area (Å²) >= 11 is 0. The average Bonchev–Trinajstić information content (AvgIpc) is 3.29. The standard InChI is InChI=1S/C58H105N2O7P/c1-7-10-13-16-19-22-25-28-29-30-31-33-36-39-42-45-48-51-58(62)67-56(49-46-43-40-37-34-27-24-21-18-15-12-9-3)55(54-66-68(63,64)65-53-52-60(4,5)6)59-57(61)50-47-44-41-38-35-32-26-23-20-17-14-11-8-2/h19,22,28-29,31-33,35,41,44,46,49,55-56H,7-18,20-21,23-27,30,34,36-40,42-43,45,47-48,50-54H2,1-6H3,(H-,59,61,63,64)/b22-19-,29-28-,33-31-,35-32-,44-41+,49-46+. The zero-order chi connectivity index (χ0) is 50.1. The summed E-state index contributed by atoms with van der Waals surface area (Å²) in [7, 11) is 1.13. The van der Waals surface area contributed by atoms with Crippen LogP contribution < -0.4 is 10.2 Å². The first kappa shape index (κ1) is 65.5. The van der Waals surface area contributed by atoms with E-state index in [2.05, 4.69) is 80.8 Å². The van der Waals surface area contributed by atoms with Crippen LogP contribution in [0, 0.1) is 0 Å². The molecule has 3 unspecified atom stereocenters. The highest BCUT2D eigenvalue weighted by Gasteiger charge is 2.27. The molecule has 0 aromatic carbocycles. The van der Waals surface area contributed by atoms with Gasteiger partial charge in [-0.2, -0.15) is 0 Å². The van der Waals surface area contributed by atoms with Gasteiger partial charge in [0.15, 0.2) is 0 Å². The van der Waals surface area contributed by atoms with E-state index in [4.69, 9.17) is 13.8 Å². The van der Waals surface area contributed by atoms with Crippen molar-refractivity contribution in [2.75, 3.05) is 40.9 Å². The van der Waals surface area contributed by atoms with Gasteiger partial charge in [0.2, 0.25) is 5.91 Å². The fraction of sp³-hybridized carbons (Fsp3) is 0.759. The van der Waals surface area contributed by atoms with Gasteiger partial charge in [-0.25, -0.2) is 0 Å². The maximum Gasteiger partial charge on any atom is 0.306 e. The van der Waals surface area contributed by atoms with Gasteiger partial charge in [-0.1, -0.05) is 203 Å². The molecule has 394 valence electrons. The Morgan fingerprint density at radius 2 is 0.912 bits per heavy atom. The zero-order valence-corrected chi connectivity index (χ0v) is 45.7. The van der Waals surface area contributed by atoms with Crippen molar-refractivity contribution >= 4 is 19.7 Å². The van der Waals surface area contributed by atoms with Crippen LogP contribution in [-0.2, 0) is 27.9 Å². The number of carbonyl (C=O) groups is 2. The Bertz CT molecular complexity index is 1400. The summed E-state index contributed by atoms with van der Waals surface area (Å²) in [6.07, 6.45) is 60.2. The smallest absolute Gasteiger partial charge is 0.306 e. The number of likely N-dealkylation sites (N-methyl/N-ethyl adjacent to an activating group) is 1. The average molecular weight is 973 g/mol.